The van der Waals surface area contributed by atoms with Gasteiger partial charge in [0.15, 0.2) is 0 Å². The SMILES string of the molecule is CCOc1ccc(/C(O)=C2/C(=O)C(=O)N(c3ccc(C)cc3C)C2c2ccc(C)o2)cc1C. The molecule has 1 fully saturated rings. The fraction of sp³-hybridized carbons (Fsp3) is 0.259. The zero-order valence-electron chi connectivity index (χ0n) is 19.4. The van der Waals surface area contributed by atoms with Crippen molar-refractivity contribution < 1.29 is 23.8 Å². The molecule has 1 amide bonds. The lowest BCUT2D eigenvalue weighted by Crippen LogP contribution is -2.30. The average molecular weight is 446 g/mol. The minimum absolute atomic E-state index is 0.00196. The van der Waals surface area contributed by atoms with Crippen LogP contribution in [0.4, 0.5) is 5.69 Å². The predicted molar refractivity (Wildman–Crippen MR) is 126 cm³/mol. The second kappa shape index (κ2) is 8.62. The second-order valence-electron chi connectivity index (χ2n) is 8.32. The molecule has 0 aliphatic carbocycles. The summed E-state index contributed by atoms with van der Waals surface area (Å²) in [6.45, 7) is 9.93. The number of aliphatic hydroxyl groups is 1. The fourth-order valence-corrected chi connectivity index (χ4v) is 4.30. The minimum atomic E-state index is -0.882. The molecule has 2 aromatic carbocycles. The maximum absolute atomic E-state index is 13.3. The van der Waals surface area contributed by atoms with Crippen LogP contribution in [-0.2, 0) is 9.59 Å². The van der Waals surface area contributed by atoms with Crippen molar-refractivity contribution in [1.82, 2.24) is 0 Å². The van der Waals surface area contributed by atoms with Gasteiger partial charge in [-0.3, -0.25) is 14.5 Å². The number of hydrogen-bond donors (Lipinski definition) is 1. The number of aliphatic hydroxyl groups excluding tert-OH is 1. The number of carbonyl (C=O) groups excluding carboxylic acids is 2. The van der Waals surface area contributed by atoms with Gasteiger partial charge in [0.25, 0.3) is 11.7 Å². The number of furan rings is 1. The third kappa shape index (κ3) is 3.93. The lowest BCUT2D eigenvalue weighted by molar-refractivity contribution is -0.132. The molecule has 2 heterocycles. The highest BCUT2D eigenvalue weighted by Crippen LogP contribution is 2.43. The van der Waals surface area contributed by atoms with Gasteiger partial charge in [0.05, 0.1) is 12.2 Å². The van der Waals surface area contributed by atoms with Gasteiger partial charge >= 0.3 is 0 Å². The van der Waals surface area contributed by atoms with E-state index in [-0.39, 0.29) is 11.3 Å². The highest BCUT2D eigenvalue weighted by molar-refractivity contribution is 6.51. The molecule has 1 aliphatic heterocycles. The highest BCUT2D eigenvalue weighted by Gasteiger charge is 2.48. The lowest BCUT2D eigenvalue weighted by Gasteiger charge is -2.25. The summed E-state index contributed by atoms with van der Waals surface area (Å²) in [5, 5.41) is 11.3. The molecule has 0 saturated carbocycles. The van der Waals surface area contributed by atoms with Gasteiger partial charge in [0.1, 0.15) is 29.1 Å². The van der Waals surface area contributed by atoms with Crippen LogP contribution in [0.25, 0.3) is 5.76 Å². The van der Waals surface area contributed by atoms with E-state index < -0.39 is 17.7 Å². The van der Waals surface area contributed by atoms with Crippen LogP contribution in [0.5, 0.6) is 5.75 Å². The molecule has 1 saturated heterocycles. The fourth-order valence-electron chi connectivity index (χ4n) is 4.30. The summed E-state index contributed by atoms with van der Waals surface area (Å²) >= 11 is 0. The molecule has 1 unspecified atom stereocenters. The van der Waals surface area contributed by atoms with E-state index in [1.165, 1.54) is 4.90 Å². The first-order valence-corrected chi connectivity index (χ1v) is 10.9. The molecule has 1 aliphatic rings. The molecule has 0 spiro atoms. The molecule has 0 radical (unpaired) electrons. The number of benzene rings is 2. The van der Waals surface area contributed by atoms with Crippen molar-refractivity contribution in [1.29, 1.82) is 0 Å². The second-order valence-corrected chi connectivity index (χ2v) is 8.32. The Hall–Kier alpha value is -3.80. The number of ether oxygens (including phenoxy) is 1. The van der Waals surface area contributed by atoms with Gasteiger partial charge in [-0.25, -0.2) is 0 Å². The summed E-state index contributed by atoms with van der Waals surface area (Å²) in [6.07, 6.45) is 0. The molecule has 4 rings (SSSR count). The van der Waals surface area contributed by atoms with Gasteiger partial charge < -0.3 is 14.3 Å². The third-order valence-corrected chi connectivity index (χ3v) is 5.84. The molecule has 6 heteroatoms. The molecule has 6 nitrogen and oxygen atoms in total. The Labute approximate surface area is 193 Å². The molecule has 1 N–H and O–H groups in total. The smallest absolute Gasteiger partial charge is 0.300 e. The number of hydrogen-bond acceptors (Lipinski definition) is 5. The van der Waals surface area contributed by atoms with E-state index in [9.17, 15) is 14.7 Å². The Morgan fingerprint density at radius 2 is 1.76 bits per heavy atom. The first-order valence-electron chi connectivity index (χ1n) is 10.9. The van der Waals surface area contributed by atoms with Crippen LogP contribution in [0.1, 0.15) is 46.7 Å². The van der Waals surface area contributed by atoms with E-state index in [1.807, 2.05) is 45.9 Å². The molecular weight excluding hydrogens is 418 g/mol. The van der Waals surface area contributed by atoms with Crippen molar-refractivity contribution >= 4 is 23.1 Å². The van der Waals surface area contributed by atoms with Crippen molar-refractivity contribution in [3.8, 4) is 5.75 Å². The zero-order valence-corrected chi connectivity index (χ0v) is 19.4. The first-order chi connectivity index (χ1) is 15.7. The molecular formula is C27H27NO5. The Bertz CT molecular complexity index is 1280. The van der Waals surface area contributed by atoms with Gasteiger partial charge in [-0.15, -0.1) is 0 Å². The van der Waals surface area contributed by atoms with E-state index in [0.29, 0.717) is 35.1 Å². The van der Waals surface area contributed by atoms with Crippen LogP contribution in [0.2, 0.25) is 0 Å². The van der Waals surface area contributed by atoms with Crippen LogP contribution >= 0.6 is 0 Å². The zero-order chi connectivity index (χ0) is 23.9. The molecule has 33 heavy (non-hydrogen) atoms. The maximum atomic E-state index is 13.3. The third-order valence-electron chi connectivity index (χ3n) is 5.84. The Morgan fingerprint density at radius 3 is 2.36 bits per heavy atom. The molecule has 170 valence electrons. The minimum Gasteiger partial charge on any atom is -0.507 e. The number of Topliss-reactive ketones (excluding diaryl/α,β-unsaturated/α-hetero) is 1. The Morgan fingerprint density at radius 1 is 1.00 bits per heavy atom. The monoisotopic (exact) mass is 445 g/mol. The molecule has 1 atom stereocenters. The molecule has 1 aromatic heterocycles. The van der Waals surface area contributed by atoms with Crippen LogP contribution < -0.4 is 9.64 Å². The van der Waals surface area contributed by atoms with Crippen molar-refractivity contribution in [2.75, 3.05) is 11.5 Å². The van der Waals surface area contributed by atoms with Crippen LogP contribution in [-0.4, -0.2) is 23.4 Å². The van der Waals surface area contributed by atoms with Crippen LogP contribution in [0.3, 0.4) is 0 Å². The van der Waals surface area contributed by atoms with E-state index in [1.54, 1.807) is 37.3 Å². The van der Waals surface area contributed by atoms with E-state index in [0.717, 1.165) is 16.7 Å². The summed E-state index contributed by atoms with van der Waals surface area (Å²) in [5.74, 6) is 0.0566. The number of anilines is 1. The summed E-state index contributed by atoms with van der Waals surface area (Å²) < 4.78 is 11.4. The summed E-state index contributed by atoms with van der Waals surface area (Å²) in [7, 11) is 0. The summed E-state index contributed by atoms with van der Waals surface area (Å²) in [5.41, 5.74) is 3.74. The van der Waals surface area contributed by atoms with Gasteiger partial charge in [-0.1, -0.05) is 17.7 Å². The number of nitrogens with zero attached hydrogens (tertiary/aromatic N) is 1. The first kappa shape index (κ1) is 22.4. The van der Waals surface area contributed by atoms with Crippen molar-refractivity contribution in [3.63, 3.8) is 0 Å². The number of amides is 1. The highest BCUT2D eigenvalue weighted by atomic mass is 16.5. The summed E-state index contributed by atoms with van der Waals surface area (Å²) in [4.78, 5) is 27.9. The Kier molecular flexibility index (Phi) is 5.85. The van der Waals surface area contributed by atoms with Crippen LogP contribution in [0.15, 0.2) is 58.5 Å². The Balaban J connectivity index is 1.92. The van der Waals surface area contributed by atoms with E-state index in [2.05, 4.69) is 0 Å². The number of ketones is 1. The number of aryl methyl sites for hydroxylation is 4. The average Bonchev–Trinajstić information content (AvgIpc) is 3.30. The number of carbonyl (C=O) groups is 2. The van der Waals surface area contributed by atoms with Gasteiger partial charge in [0, 0.05) is 11.3 Å². The largest absolute Gasteiger partial charge is 0.507 e. The summed E-state index contributed by atoms with van der Waals surface area (Å²) in [6, 6.07) is 13.5. The topological polar surface area (TPSA) is 80.0 Å². The quantitative estimate of drug-likeness (QED) is 0.317. The molecule has 3 aromatic rings. The van der Waals surface area contributed by atoms with Crippen LogP contribution in [0, 0.1) is 27.7 Å². The standard InChI is InChI=1S/C27H27NO5/c1-6-32-21-12-9-19(14-17(21)4)25(29)23-24(22-11-8-18(5)33-22)28(27(31)26(23)30)20-10-7-15(2)13-16(20)3/h7-14,24,29H,6H2,1-5H3/b25-23-. The predicted octanol–water partition coefficient (Wildman–Crippen LogP) is 5.54. The van der Waals surface area contributed by atoms with Crippen molar-refractivity contribution in [2.24, 2.45) is 0 Å². The van der Waals surface area contributed by atoms with Crippen molar-refractivity contribution in [3.05, 3.63) is 87.9 Å². The normalized spacial score (nSPS) is 17.6. The van der Waals surface area contributed by atoms with E-state index in [4.69, 9.17) is 9.15 Å². The lowest BCUT2D eigenvalue weighted by atomic mass is 9.98. The van der Waals surface area contributed by atoms with Gasteiger partial charge in [-0.05, 0) is 82.1 Å². The van der Waals surface area contributed by atoms with Gasteiger partial charge in [0.2, 0.25) is 0 Å². The molecule has 0 bridgehead atoms. The van der Waals surface area contributed by atoms with E-state index >= 15 is 0 Å². The van der Waals surface area contributed by atoms with Crippen molar-refractivity contribution in [2.45, 2.75) is 40.7 Å². The number of rotatable bonds is 5. The maximum Gasteiger partial charge on any atom is 0.300 e. The van der Waals surface area contributed by atoms with Gasteiger partial charge in [-0.2, -0.15) is 0 Å².